The Labute approximate surface area is 366 Å². The lowest BCUT2D eigenvalue weighted by molar-refractivity contribution is -0.870. The van der Waals surface area contributed by atoms with Gasteiger partial charge in [-0.25, -0.2) is 14.2 Å². The van der Waals surface area contributed by atoms with Crippen molar-refractivity contribution >= 4 is 57.7 Å². The van der Waals surface area contributed by atoms with E-state index in [1.807, 2.05) is 11.8 Å². The number of piperazine rings is 1. The summed E-state index contributed by atoms with van der Waals surface area (Å²) in [6.07, 6.45) is 1.00. The molecular weight excluding hydrogens is 849 g/mol. The van der Waals surface area contributed by atoms with Crippen molar-refractivity contribution in [3.63, 3.8) is 0 Å². The molecular formula is C42H54ClFN7O12+. The number of aliphatic hydroxyl groups excluding tert-OH is 3. The molecule has 0 spiro atoms. The highest BCUT2D eigenvalue weighted by atomic mass is 35.5. The standard InChI is InChI=1S/C22H23ClN2O8.C15H17FN4O3.C5H14NO/c1-21(32)7-6-8-15(25(2)3)17(28)13(20(24)31)19(30)22(8,33)18(29)11(7)16(27)12-10(26)5-4-9(23)14(12)21;1-2-19-8-10(15(22)23)12(21)9-7-11(16)14(18-13(9)19)20-5-3-17-4-6-20;1-6(2,3)4-5-7/h4-5,7-8,15,26-27,30,32-33H,6H2,1-3H3,(H2,24,31);7-8,17H,2-6H2,1H3,(H,22,23);7H,4-5H2,1-3H3/q;;+1/t7-,8-,15-,21-,22-;;/m0../s1. The number of benzene rings is 1. The number of anilines is 1. The molecule has 3 aliphatic carbocycles. The van der Waals surface area contributed by atoms with Crippen molar-refractivity contribution < 1.29 is 63.8 Å². The quantitative estimate of drug-likeness (QED) is 0.116. The molecule has 19 nitrogen and oxygen atoms in total. The van der Waals surface area contributed by atoms with Crippen LogP contribution in [0.2, 0.25) is 5.02 Å². The van der Waals surface area contributed by atoms with E-state index in [0.29, 0.717) is 25.3 Å². The number of aromatic carboxylic acids is 1. The maximum absolute atomic E-state index is 14.4. The third-order valence-electron chi connectivity index (χ3n) is 11.8. The monoisotopic (exact) mass is 902 g/mol. The summed E-state index contributed by atoms with van der Waals surface area (Å²) in [4.78, 5) is 69.7. The number of hydrogen-bond donors (Lipinski definition) is 9. The van der Waals surface area contributed by atoms with Crippen molar-refractivity contribution in [1.29, 1.82) is 0 Å². The molecule has 1 saturated heterocycles. The Morgan fingerprint density at radius 3 is 2.22 bits per heavy atom. The molecule has 21 heteroatoms. The number of aromatic nitrogens is 2. The Morgan fingerprint density at radius 1 is 1.10 bits per heavy atom. The fourth-order valence-electron chi connectivity index (χ4n) is 8.65. The second kappa shape index (κ2) is 17.9. The highest BCUT2D eigenvalue weighted by molar-refractivity contribution is 6.32. The molecule has 7 rings (SSSR count). The number of fused-ring (bicyclic) bond motifs is 4. The minimum absolute atomic E-state index is 0.0110. The van der Waals surface area contributed by atoms with Crippen LogP contribution >= 0.6 is 11.6 Å². The number of likely N-dealkylation sites (N-methyl/N-ethyl adjacent to an activating group) is 2. The van der Waals surface area contributed by atoms with Gasteiger partial charge in [-0.1, -0.05) is 11.6 Å². The van der Waals surface area contributed by atoms with Gasteiger partial charge in [0.2, 0.25) is 11.2 Å². The molecule has 0 bridgehead atoms. The van der Waals surface area contributed by atoms with E-state index in [0.717, 1.165) is 30.2 Å². The molecule has 1 aliphatic heterocycles. The number of carboxylic acid groups (broad SMARTS) is 1. The van der Waals surface area contributed by atoms with Gasteiger partial charge in [-0.2, -0.15) is 0 Å². The molecule has 1 amide bonds. The average molecular weight is 903 g/mol. The number of primary amides is 1. The number of aryl methyl sites for hydroxylation is 1. The van der Waals surface area contributed by atoms with Crippen LogP contribution in [0.4, 0.5) is 10.2 Å². The van der Waals surface area contributed by atoms with Gasteiger partial charge in [-0.05, 0) is 52.6 Å². The number of aromatic hydroxyl groups is 1. The SMILES string of the molecule is CCn1cc(C(=O)O)c(=O)c2cc(F)c(N3CCNCC3)nc21.CN(C)[C@@H]1C(=O)C(C(N)=O)=C(O)[C@@]2(O)C(=O)C3=C(O)c4c(O)ccc(Cl)c4[C@@](C)(O)[C@H]3C[C@@H]12.C[N+](C)(C)CCO. The number of quaternary nitrogens is 1. The average Bonchev–Trinajstić information content (AvgIpc) is 3.19. The number of aliphatic hydroxyl groups is 5. The third-order valence-corrected chi connectivity index (χ3v) is 12.1. The molecule has 1 saturated carbocycles. The number of nitrogens with zero attached hydrogens (tertiary/aromatic N) is 5. The van der Waals surface area contributed by atoms with Crippen LogP contribution in [0.15, 0.2) is 46.1 Å². The topological polar surface area (TPSA) is 289 Å². The lowest BCUT2D eigenvalue weighted by atomic mass is 9.54. The van der Waals surface area contributed by atoms with Gasteiger partial charge in [0.25, 0.3) is 5.91 Å². The second-order valence-electron chi connectivity index (χ2n) is 17.2. The Hall–Kier alpha value is -5.48. The van der Waals surface area contributed by atoms with Gasteiger partial charge in [0.15, 0.2) is 23.0 Å². The first-order valence-electron chi connectivity index (χ1n) is 20.0. The molecule has 2 fully saturated rings. The van der Waals surface area contributed by atoms with Crippen molar-refractivity contribution in [3.8, 4) is 5.75 Å². The predicted octanol–water partition coefficient (Wildman–Crippen LogP) is 0.631. The zero-order valence-electron chi connectivity index (χ0n) is 35.9. The van der Waals surface area contributed by atoms with Gasteiger partial charge >= 0.3 is 5.97 Å². The van der Waals surface area contributed by atoms with Gasteiger partial charge in [0.1, 0.15) is 40.6 Å². The number of phenols is 1. The van der Waals surface area contributed by atoms with E-state index in [1.165, 1.54) is 44.2 Å². The summed E-state index contributed by atoms with van der Waals surface area (Å²) in [5, 5.41) is 75.9. The number of pyridine rings is 2. The van der Waals surface area contributed by atoms with Crippen LogP contribution in [0, 0.1) is 17.7 Å². The minimum atomic E-state index is -2.78. The molecule has 0 radical (unpaired) electrons. The van der Waals surface area contributed by atoms with E-state index >= 15 is 0 Å². The number of carbonyl (C=O) groups excluding carboxylic acids is 3. The summed E-state index contributed by atoms with van der Waals surface area (Å²) < 4.78 is 16.8. The Kier molecular flexibility index (Phi) is 13.8. The van der Waals surface area contributed by atoms with E-state index in [1.54, 1.807) is 4.57 Å². The number of hydrogen-bond acceptors (Lipinski definition) is 15. The first-order valence-corrected chi connectivity index (χ1v) is 20.4. The number of nitrogens with one attached hydrogen (secondary N) is 1. The van der Waals surface area contributed by atoms with Gasteiger partial charge in [0.05, 0.1) is 50.3 Å². The number of amides is 1. The van der Waals surface area contributed by atoms with Crippen LogP contribution in [0.1, 0.15) is 41.8 Å². The van der Waals surface area contributed by atoms with E-state index in [4.69, 9.17) is 27.5 Å². The first-order chi connectivity index (χ1) is 29.3. The fraction of sp³-hybridized carbons (Fsp3) is 0.476. The highest BCUT2D eigenvalue weighted by Gasteiger charge is 2.66. The van der Waals surface area contributed by atoms with Crippen molar-refractivity contribution in [2.45, 2.75) is 44.1 Å². The van der Waals surface area contributed by atoms with Crippen LogP contribution in [0.25, 0.3) is 16.8 Å². The van der Waals surface area contributed by atoms with Crippen LogP contribution in [-0.2, 0) is 26.5 Å². The smallest absolute Gasteiger partial charge is 0.341 e. The molecule has 3 aromatic rings. The third kappa shape index (κ3) is 8.63. The number of Topliss-reactive ketones (excluding diaryl/α,β-unsaturated/α-hetero) is 2. The van der Waals surface area contributed by atoms with E-state index in [9.17, 15) is 53.9 Å². The predicted molar refractivity (Wildman–Crippen MR) is 229 cm³/mol. The molecule has 3 heterocycles. The Balaban J connectivity index is 0.000000216. The maximum atomic E-state index is 14.4. The van der Waals surface area contributed by atoms with Crippen LogP contribution in [-0.4, -0.2) is 164 Å². The Morgan fingerprint density at radius 2 is 1.71 bits per heavy atom. The van der Waals surface area contributed by atoms with Crippen LogP contribution in [0.5, 0.6) is 5.75 Å². The summed E-state index contributed by atoms with van der Waals surface area (Å²) in [7, 11) is 9.13. The lowest BCUT2D eigenvalue weighted by Crippen LogP contribution is -2.67. The van der Waals surface area contributed by atoms with Gasteiger partial charge in [0, 0.05) is 66.9 Å². The van der Waals surface area contributed by atoms with Gasteiger partial charge in [-0.15, -0.1) is 0 Å². The van der Waals surface area contributed by atoms with Gasteiger partial charge in [-0.3, -0.25) is 24.1 Å². The lowest BCUT2D eigenvalue weighted by Gasteiger charge is -2.53. The molecule has 0 unspecified atom stereocenters. The molecule has 2 aromatic heterocycles. The highest BCUT2D eigenvalue weighted by Crippen LogP contribution is 2.58. The summed E-state index contributed by atoms with van der Waals surface area (Å²) in [5.41, 5.74) is -1.89. The van der Waals surface area contributed by atoms with E-state index < -0.39 is 92.2 Å². The van der Waals surface area contributed by atoms with Crippen molar-refractivity contribution in [2.24, 2.45) is 17.6 Å². The second-order valence-corrected chi connectivity index (χ2v) is 17.6. The van der Waals surface area contributed by atoms with Crippen molar-refractivity contribution in [3.05, 3.63) is 79.1 Å². The summed E-state index contributed by atoms with van der Waals surface area (Å²) in [6.45, 7) is 7.41. The summed E-state index contributed by atoms with van der Waals surface area (Å²) >= 11 is 6.28. The van der Waals surface area contributed by atoms with E-state index in [2.05, 4.69) is 31.4 Å². The molecule has 342 valence electrons. The number of phenolic OH excluding ortho intramolecular Hbond substituents is 1. The number of rotatable bonds is 7. The number of ketones is 2. The molecule has 4 aliphatic rings. The maximum Gasteiger partial charge on any atom is 0.341 e. The number of halogens is 2. The molecule has 1 aromatic carbocycles. The zero-order valence-corrected chi connectivity index (χ0v) is 36.7. The number of nitrogens with two attached hydrogens (primary N) is 1. The number of carboxylic acids is 1. The Bertz CT molecular complexity index is 2490. The largest absolute Gasteiger partial charge is 0.508 e. The van der Waals surface area contributed by atoms with E-state index in [-0.39, 0.29) is 45.9 Å². The normalized spacial score (nSPS) is 24.5. The number of carbonyl (C=O) groups is 4. The van der Waals surface area contributed by atoms with Crippen LogP contribution < -0.4 is 21.4 Å². The summed E-state index contributed by atoms with van der Waals surface area (Å²) in [6, 6.07) is 2.34. The van der Waals surface area contributed by atoms with Crippen LogP contribution in [0.3, 0.4) is 0 Å². The molecule has 5 atom stereocenters. The summed E-state index contributed by atoms with van der Waals surface area (Å²) in [5.74, 6) is -10.0. The van der Waals surface area contributed by atoms with Gasteiger partial charge < -0.3 is 60.7 Å². The van der Waals surface area contributed by atoms with Crippen molar-refractivity contribution in [2.75, 3.05) is 79.5 Å². The molecule has 63 heavy (non-hydrogen) atoms. The first kappa shape index (κ1) is 48.6. The zero-order chi connectivity index (χ0) is 47.3. The molecule has 10 N–H and O–H groups in total. The minimum Gasteiger partial charge on any atom is -0.508 e. The fourth-order valence-corrected chi connectivity index (χ4v) is 9.00. The van der Waals surface area contributed by atoms with Crippen molar-refractivity contribution in [1.82, 2.24) is 19.8 Å².